The topological polar surface area (TPSA) is 143 Å². The van der Waals surface area contributed by atoms with Crippen molar-refractivity contribution < 1.29 is 10.0 Å². The van der Waals surface area contributed by atoms with Crippen LogP contribution < -0.4 is 22.7 Å². The Morgan fingerprint density at radius 2 is 1.62 bits per heavy atom. The van der Waals surface area contributed by atoms with Crippen molar-refractivity contribution in [3.63, 3.8) is 0 Å². The van der Waals surface area contributed by atoms with Crippen molar-refractivity contribution in [3.05, 3.63) is 24.3 Å². The van der Waals surface area contributed by atoms with Crippen LogP contribution in [0.5, 0.6) is 0 Å². The first kappa shape index (κ1) is 12.0. The predicted octanol–water partition coefficient (Wildman–Crippen LogP) is -2.41. The second-order valence-electron chi connectivity index (χ2n) is 2.97. The van der Waals surface area contributed by atoms with E-state index in [0.717, 1.165) is 0 Å². The molecule has 0 heterocycles. The van der Waals surface area contributed by atoms with Gasteiger partial charge < -0.3 is 27.2 Å². The van der Waals surface area contributed by atoms with Crippen molar-refractivity contribution in [2.24, 2.45) is 27.2 Å². The first-order valence-corrected chi connectivity index (χ1v) is 4.39. The highest BCUT2D eigenvalue weighted by molar-refractivity contribution is 6.58. The summed E-state index contributed by atoms with van der Waals surface area (Å²) in [5.41, 5.74) is 16.5. The summed E-state index contributed by atoms with van der Waals surface area (Å²) >= 11 is 0. The van der Waals surface area contributed by atoms with Gasteiger partial charge >= 0.3 is 7.12 Å². The lowest BCUT2D eigenvalue weighted by atomic mass is 9.80. The third kappa shape index (κ3) is 3.60. The second kappa shape index (κ2) is 5.15. The standard InChI is InChI=1S/C8H12BN5O2/c10-7(11)14-8(12)13-6-3-1-5(2-4-6)9(15)16/h1-4,15-16H,(H6,10,11,12,13,14). The maximum absolute atomic E-state index is 8.86. The van der Waals surface area contributed by atoms with Gasteiger partial charge in [0.05, 0.1) is 5.69 Å². The average Bonchev–Trinajstić information content (AvgIpc) is 2.16. The third-order valence-corrected chi connectivity index (χ3v) is 1.68. The number of guanidine groups is 2. The molecule has 16 heavy (non-hydrogen) atoms. The molecule has 8 N–H and O–H groups in total. The molecule has 0 aliphatic heterocycles. The molecule has 7 nitrogen and oxygen atoms in total. The molecule has 0 aliphatic rings. The highest BCUT2D eigenvalue weighted by Crippen LogP contribution is 2.08. The summed E-state index contributed by atoms with van der Waals surface area (Å²) in [4.78, 5) is 7.41. The fraction of sp³-hybridized carbons (Fsp3) is 0. The fourth-order valence-electron chi connectivity index (χ4n) is 1.01. The van der Waals surface area contributed by atoms with E-state index in [0.29, 0.717) is 11.2 Å². The normalized spacial score (nSPS) is 11.0. The van der Waals surface area contributed by atoms with Crippen molar-refractivity contribution in [2.45, 2.75) is 0 Å². The molecule has 0 saturated heterocycles. The molecule has 8 heteroatoms. The largest absolute Gasteiger partial charge is 0.488 e. The van der Waals surface area contributed by atoms with Crippen molar-refractivity contribution in [2.75, 3.05) is 0 Å². The van der Waals surface area contributed by atoms with Crippen molar-refractivity contribution >= 4 is 30.2 Å². The van der Waals surface area contributed by atoms with Crippen LogP contribution in [0.4, 0.5) is 5.69 Å². The molecule has 0 aromatic heterocycles. The number of nitrogens with two attached hydrogens (primary N) is 3. The number of benzene rings is 1. The molecule has 0 unspecified atom stereocenters. The lowest BCUT2D eigenvalue weighted by molar-refractivity contribution is 0.426. The van der Waals surface area contributed by atoms with Gasteiger partial charge in [0, 0.05) is 0 Å². The first-order valence-electron chi connectivity index (χ1n) is 4.39. The Bertz CT molecular complexity index is 411. The molecule has 0 radical (unpaired) electrons. The van der Waals surface area contributed by atoms with Gasteiger partial charge in [-0.05, 0) is 17.6 Å². The van der Waals surface area contributed by atoms with E-state index in [2.05, 4.69) is 9.98 Å². The van der Waals surface area contributed by atoms with E-state index in [-0.39, 0.29) is 11.9 Å². The Labute approximate surface area is 92.5 Å². The molecule has 0 aliphatic carbocycles. The summed E-state index contributed by atoms with van der Waals surface area (Å²) in [6.45, 7) is 0. The summed E-state index contributed by atoms with van der Waals surface area (Å²) in [6.07, 6.45) is 0. The highest BCUT2D eigenvalue weighted by atomic mass is 16.4. The van der Waals surface area contributed by atoms with Crippen LogP contribution in [-0.2, 0) is 0 Å². The Balaban J connectivity index is 2.87. The molecular formula is C8H12BN5O2. The van der Waals surface area contributed by atoms with E-state index in [9.17, 15) is 0 Å². The third-order valence-electron chi connectivity index (χ3n) is 1.68. The molecule has 0 fully saturated rings. The fourth-order valence-corrected chi connectivity index (χ4v) is 1.01. The van der Waals surface area contributed by atoms with Gasteiger partial charge in [0.1, 0.15) is 0 Å². The summed E-state index contributed by atoms with van der Waals surface area (Å²) in [5.74, 6) is -0.249. The Morgan fingerprint density at radius 3 is 2.06 bits per heavy atom. The minimum atomic E-state index is -1.51. The van der Waals surface area contributed by atoms with E-state index < -0.39 is 7.12 Å². The van der Waals surface area contributed by atoms with E-state index in [4.69, 9.17) is 27.2 Å². The SMILES string of the molecule is NC(N)=NC(N)=Nc1ccc(B(O)O)cc1. The van der Waals surface area contributed by atoms with E-state index in [1.807, 2.05) is 0 Å². The van der Waals surface area contributed by atoms with Crippen molar-refractivity contribution in [1.29, 1.82) is 0 Å². The van der Waals surface area contributed by atoms with Gasteiger partial charge in [0.15, 0.2) is 5.96 Å². The molecule has 0 atom stereocenters. The van der Waals surface area contributed by atoms with Gasteiger partial charge in [-0.15, -0.1) is 0 Å². The summed E-state index contributed by atoms with van der Waals surface area (Å²) in [5, 5.41) is 17.7. The maximum Gasteiger partial charge on any atom is 0.488 e. The molecule has 0 saturated carbocycles. The zero-order valence-electron chi connectivity index (χ0n) is 8.41. The van der Waals surface area contributed by atoms with Crippen molar-refractivity contribution in [1.82, 2.24) is 0 Å². The van der Waals surface area contributed by atoms with Crippen LogP contribution in [0.3, 0.4) is 0 Å². The molecular weight excluding hydrogens is 209 g/mol. The van der Waals surface area contributed by atoms with Gasteiger partial charge in [0.2, 0.25) is 5.96 Å². The minimum Gasteiger partial charge on any atom is -0.423 e. The summed E-state index contributed by atoms with van der Waals surface area (Å²) < 4.78 is 0. The maximum atomic E-state index is 8.86. The summed E-state index contributed by atoms with van der Waals surface area (Å²) in [6, 6.07) is 6.13. The minimum absolute atomic E-state index is 0.0719. The molecule has 1 aromatic rings. The molecule has 84 valence electrons. The van der Waals surface area contributed by atoms with Crippen LogP contribution in [0.15, 0.2) is 34.3 Å². The zero-order valence-corrected chi connectivity index (χ0v) is 8.41. The Kier molecular flexibility index (Phi) is 3.86. The average molecular weight is 221 g/mol. The first-order chi connectivity index (χ1) is 7.49. The lowest BCUT2D eigenvalue weighted by Gasteiger charge is -1.99. The van der Waals surface area contributed by atoms with Gasteiger partial charge in [-0.25, -0.2) is 4.99 Å². The van der Waals surface area contributed by atoms with E-state index >= 15 is 0 Å². The van der Waals surface area contributed by atoms with Crippen LogP contribution in [-0.4, -0.2) is 29.1 Å². The van der Waals surface area contributed by atoms with Crippen LogP contribution in [0.1, 0.15) is 0 Å². The number of hydrogen-bond donors (Lipinski definition) is 5. The number of aliphatic imine (C=N–C) groups is 2. The van der Waals surface area contributed by atoms with Crippen LogP contribution in [0.2, 0.25) is 0 Å². The Hall–Kier alpha value is -2.06. The van der Waals surface area contributed by atoms with Gasteiger partial charge in [-0.2, -0.15) is 4.99 Å². The van der Waals surface area contributed by atoms with Crippen LogP contribution in [0.25, 0.3) is 0 Å². The Morgan fingerprint density at radius 1 is 1.06 bits per heavy atom. The predicted molar refractivity (Wildman–Crippen MR) is 63.4 cm³/mol. The monoisotopic (exact) mass is 221 g/mol. The number of hydrogen-bond acceptors (Lipinski definition) is 3. The summed E-state index contributed by atoms with van der Waals surface area (Å²) in [7, 11) is -1.51. The quantitative estimate of drug-likeness (QED) is 0.214. The smallest absolute Gasteiger partial charge is 0.423 e. The number of rotatable bonds is 2. The molecule has 0 amide bonds. The van der Waals surface area contributed by atoms with E-state index in [1.165, 1.54) is 12.1 Å². The second-order valence-corrected chi connectivity index (χ2v) is 2.97. The van der Waals surface area contributed by atoms with Crippen molar-refractivity contribution in [3.8, 4) is 0 Å². The van der Waals surface area contributed by atoms with Crippen LogP contribution in [0, 0.1) is 0 Å². The van der Waals surface area contributed by atoms with Gasteiger partial charge in [0.25, 0.3) is 0 Å². The lowest BCUT2D eigenvalue weighted by Crippen LogP contribution is -2.29. The van der Waals surface area contributed by atoms with Gasteiger partial charge in [-0.3, -0.25) is 0 Å². The molecule has 0 bridgehead atoms. The zero-order chi connectivity index (χ0) is 12.1. The molecule has 1 rings (SSSR count). The van der Waals surface area contributed by atoms with E-state index in [1.54, 1.807) is 12.1 Å². The van der Waals surface area contributed by atoms with Gasteiger partial charge in [-0.1, -0.05) is 12.1 Å². The molecule has 0 spiro atoms. The van der Waals surface area contributed by atoms with Crippen LogP contribution >= 0.6 is 0 Å². The molecule has 1 aromatic carbocycles. The number of nitrogens with zero attached hydrogens (tertiary/aromatic N) is 2. The highest BCUT2D eigenvalue weighted by Gasteiger charge is 2.09.